The Bertz CT molecular complexity index is 630. The van der Waals surface area contributed by atoms with Crippen molar-refractivity contribution in [3.63, 3.8) is 0 Å². The van der Waals surface area contributed by atoms with Gasteiger partial charge in [0, 0.05) is 19.2 Å². The van der Waals surface area contributed by atoms with Crippen molar-refractivity contribution in [2.75, 3.05) is 5.32 Å². The highest BCUT2D eigenvalue weighted by molar-refractivity contribution is 6.03. The number of nitrogens with zero attached hydrogens (tertiary/aromatic N) is 4. The minimum absolute atomic E-state index is 0.186. The molecule has 19 heavy (non-hydrogen) atoms. The summed E-state index contributed by atoms with van der Waals surface area (Å²) in [4.78, 5) is 20.8. The number of rotatable bonds is 3. The standard InChI is InChI=1S/C13H15N5O/c1-8-14-7-10(12(16-8)9-3-4-9)17-13(19)11-5-6-15-18(11)2/h5-7,9H,3-4H2,1-2H3,(H,17,19). The smallest absolute Gasteiger partial charge is 0.274 e. The number of amides is 1. The summed E-state index contributed by atoms with van der Waals surface area (Å²) in [6.07, 6.45) is 5.54. The van der Waals surface area contributed by atoms with E-state index >= 15 is 0 Å². The second kappa shape index (κ2) is 4.46. The van der Waals surface area contributed by atoms with Gasteiger partial charge in [0.05, 0.1) is 17.6 Å². The van der Waals surface area contributed by atoms with Gasteiger partial charge in [0.2, 0.25) is 0 Å². The van der Waals surface area contributed by atoms with Crippen molar-refractivity contribution in [1.82, 2.24) is 19.7 Å². The van der Waals surface area contributed by atoms with Crippen LogP contribution in [0, 0.1) is 6.92 Å². The number of carbonyl (C=O) groups is 1. The molecule has 2 aromatic heterocycles. The summed E-state index contributed by atoms with van der Waals surface area (Å²) < 4.78 is 1.54. The summed E-state index contributed by atoms with van der Waals surface area (Å²) in [7, 11) is 1.74. The molecule has 0 aliphatic heterocycles. The van der Waals surface area contributed by atoms with Crippen LogP contribution in [0.3, 0.4) is 0 Å². The van der Waals surface area contributed by atoms with Crippen LogP contribution in [-0.4, -0.2) is 25.7 Å². The predicted octanol–water partition coefficient (Wildman–Crippen LogP) is 1.65. The molecule has 3 rings (SSSR count). The minimum atomic E-state index is -0.186. The van der Waals surface area contributed by atoms with E-state index in [1.54, 1.807) is 30.2 Å². The van der Waals surface area contributed by atoms with Gasteiger partial charge in [-0.2, -0.15) is 5.10 Å². The van der Waals surface area contributed by atoms with Crippen LogP contribution in [-0.2, 0) is 7.05 Å². The second-order valence-electron chi connectivity index (χ2n) is 4.78. The molecule has 1 saturated carbocycles. The highest BCUT2D eigenvalue weighted by Crippen LogP contribution is 2.42. The molecule has 1 fully saturated rings. The summed E-state index contributed by atoms with van der Waals surface area (Å²) in [6, 6.07) is 1.68. The highest BCUT2D eigenvalue weighted by atomic mass is 16.2. The molecule has 6 heteroatoms. The van der Waals surface area contributed by atoms with Gasteiger partial charge in [-0.3, -0.25) is 9.48 Å². The van der Waals surface area contributed by atoms with E-state index in [2.05, 4.69) is 20.4 Å². The Hall–Kier alpha value is -2.24. The number of carbonyl (C=O) groups excluding carboxylic acids is 1. The van der Waals surface area contributed by atoms with Gasteiger partial charge in [-0.15, -0.1) is 0 Å². The van der Waals surface area contributed by atoms with E-state index in [4.69, 9.17) is 0 Å². The van der Waals surface area contributed by atoms with Crippen LogP contribution in [0.15, 0.2) is 18.5 Å². The van der Waals surface area contributed by atoms with E-state index < -0.39 is 0 Å². The van der Waals surface area contributed by atoms with Gasteiger partial charge in [-0.05, 0) is 25.8 Å². The van der Waals surface area contributed by atoms with E-state index in [0.29, 0.717) is 17.3 Å². The largest absolute Gasteiger partial charge is 0.318 e. The van der Waals surface area contributed by atoms with Crippen LogP contribution in [0.4, 0.5) is 5.69 Å². The van der Waals surface area contributed by atoms with Crippen molar-refractivity contribution in [3.05, 3.63) is 35.7 Å². The highest BCUT2D eigenvalue weighted by Gasteiger charge is 2.29. The molecule has 0 aromatic carbocycles. The van der Waals surface area contributed by atoms with Crippen molar-refractivity contribution >= 4 is 11.6 Å². The average Bonchev–Trinajstić information content (AvgIpc) is 3.13. The van der Waals surface area contributed by atoms with Crippen molar-refractivity contribution in [2.45, 2.75) is 25.7 Å². The third-order valence-electron chi connectivity index (χ3n) is 3.20. The maximum atomic E-state index is 12.1. The Morgan fingerprint density at radius 2 is 2.26 bits per heavy atom. The molecule has 0 radical (unpaired) electrons. The van der Waals surface area contributed by atoms with E-state index in [-0.39, 0.29) is 5.91 Å². The normalized spacial score (nSPS) is 14.4. The number of hydrogen-bond donors (Lipinski definition) is 1. The summed E-state index contributed by atoms with van der Waals surface area (Å²) in [5, 5.41) is 6.87. The van der Waals surface area contributed by atoms with Gasteiger partial charge >= 0.3 is 0 Å². The van der Waals surface area contributed by atoms with E-state index in [1.165, 1.54) is 0 Å². The summed E-state index contributed by atoms with van der Waals surface area (Å²) >= 11 is 0. The monoisotopic (exact) mass is 257 g/mol. The number of aromatic nitrogens is 4. The third-order valence-corrected chi connectivity index (χ3v) is 3.20. The van der Waals surface area contributed by atoms with Crippen molar-refractivity contribution in [2.24, 2.45) is 7.05 Å². The predicted molar refractivity (Wildman–Crippen MR) is 69.9 cm³/mol. The fourth-order valence-electron chi connectivity index (χ4n) is 2.03. The Labute approximate surface area is 110 Å². The first-order valence-electron chi connectivity index (χ1n) is 6.28. The van der Waals surface area contributed by atoms with Crippen molar-refractivity contribution in [1.29, 1.82) is 0 Å². The molecule has 2 heterocycles. The van der Waals surface area contributed by atoms with Crippen molar-refractivity contribution in [3.8, 4) is 0 Å². The molecular formula is C13H15N5O. The first-order valence-corrected chi connectivity index (χ1v) is 6.28. The first kappa shape index (κ1) is 11.8. The van der Waals surface area contributed by atoms with Crippen LogP contribution in [0.2, 0.25) is 0 Å². The fraction of sp³-hybridized carbons (Fsp3) is 0.385. The molecule has 0 spiro atoms. The van der Waals surface area contributed by atoms with Crippen LogP contribution >= 0.6 is 0 Å². The van der Waals surface area contributed by atoms with Gasteiger partial charge in [-0.25, -0.2) is 9.97 Å². The van der Waals surface area contributed by atoms with Crippen LogP contribution in [0.5, 0.6) is 0 Å². The number of aryl methyl sites for hydroxylation is 2. The average molecular weight is 257 g/mol. The first-order chi connectivity index (χ1) is 9.15. The zero-order chi connectivity index (χ0) is 13.4. The topological polar surface area (TPSA) is 72.7 Å². The quantitative estimate of drug-likeness (QED) is 0.907. The van der Waals surface area contributed by atoms with Crippen molar-refractivity contribution < 1.29 is 4.79 Å². The molecular weight excluding hydrogens is 242 g/mol. The molecule has 1 N–H and O–H groups in total. The lowest BCUT2D eigenvalue weighted by atomic mass is 10.2. The Balaban J connectivity index is 1.87. The molecule has 0 saturated heterocycles. The van der Waals surface area contributed by atoms with Gasteiger partial charge < -0.3 is 5.32 Å². The van der Waals surface area contributed by atoms with E-state index in [9.17, 15) is 4.79 Å². The molecule has 98 valence electrons. The lowest BCUT2D eigenvalue weighted by Gasteiger charge is -2.10. The van der Waals surface area contributed by atoms with E-state index in [0.717, 1.165) is 24.4 Å². The minimum Gasteiger partial charge on any atom is -0.318 e. The number of anilines is 1. The molecule has 6 nitrogen and oxygen atoms in total. The SMILES string of the molecule is Cc1ncc(NC(=O)c2ccnn2C)c(C2CC2)n1. The summed E-state index contributed by atoms with van der Waals surface area (Å²) in [5.74, 6) is 1.01. The number of hydrogen-bond acceptors (Lipinski definition) is 4. The third kappa shape index (κ3) is 2.33. The maximum absolute atomic E-state index is 12.1. The van der Waals surface area contributed by atoms with Crippen LogP contribution in [0.25, 0.3) is 0 Å². The molecule has 1 aliphatic carbocycles. The fourth-order valence-corrected chi connectivity index (χ4v) is 2.03. The molecule has 0 bridgehead atoms. The zero-order valence-electron chi connectivity index (χ0n) is 10.9. The van der Waals surface area contributed by atoms with Crippen LogP contribution in [0.1, 0.15) is 40.8 Å². The Morgan fingerprint density at radius 1 is 1.47 bits per heavy atom. The molecule has 2 aromatic rings. The molecule has 1 amide bonds. The summed E-state index contributed by atoms with van der Waals surface area (Å²) in [5.41, 5.74) is 2.17. The van der Waals surface area contributed by atoms with Gasteiger partial charge in [0.1, 0.15) is 11.5 Å². The van der Waals surface area contributed by atoms with E-state index in [1.807, 2.05) is 6.92 Å². The molecule has 0 atom stereocenters. The maximum Gasteiger partial charge on any atom is 0.274 e. The van der Waals surface area contributed by atoms with Gasteiger partial charge in [-0.1, -0.05) is 0 Å². The number of nitrogens with one attached hydrogen (secondary N) is 1. The lowest BCUT2D eigenvalue weighted by molar-refractivity contribution is 0.101. The molecule has 0 unspecified atom stereocenters. The van der Waals surface area contributed by atoms with Gasteiger partial charge in [0.15, 0.2) is 0 Å². The lowest BCUT2D eigenvalue weighted by Crippen LogP contribution is -2.17. The molecule has 1 aliphatic rings. The zero-order valence-corrected chi connectivity index (χ0v) is 10.9. The Morgan fingerprint density at radius 3 is 2.89 bits per heavy atom. The van der Waals surface area contributed by atoms with Crippen LogP contribution < -0.4 is 5.32 Å². The Kier molecular flexibility index (Phi) is 2.77. The summed E-state index contributed by atoms with van der Waals surface area (Å²) in [6.45, 7) is 1.86. The second-order valence-corrected chi connectivity index (χ2v) is 4.78. The van der Waals surface area contributed by atoms with Gasteiger partial charge in [0.25, 0.3) is 5.91 Å².